The van der Waals surface area contributed by atoms with Crippen molar-refractivity contribution in [2.24, 2.45) is 0 Å². The number of aromatic nitrogens is 3. The van der Waals surface area contributed by atoms with Gasteiger partial charge in [0.05, 0.1) is 33.1 Å². The lowest BCUT2D eigenvalue weighted by Crippen LogP contribution is -1.95. The molecule has 0 fully saturated rings. The van der Waals surface area contributed by atoms with Gasteiger partial charge < -0.3 is 13.7 Å². The van der Waals surface area contributed by atoms with Gasteiger partial charge >= 0.3 is 0 Å². The second kappa shape index (κ2) is 10.8. The molecule has 0 bridgehead atoms. The number of rotatable bonds is 4. The summed E-state index contributed by atoms with van der Waals surface area (Å²) in [6, 6.07) is 68.4. The van der Waals surface area contributed by atoms with Gasteiger partial charge in [-0.05, 0) is 90.0 Å². The maximum absolute atomic E-state index is 2.42. The summed E-state index contributed by atoms with van der Waals surface area (Å²) in [7, 11) is 0. The molecule has 11 rings (SSSR count). The Hall–Kier alpha value is -6.84. The van der Waals surface area contributed by atoms with Gasteiger partial charge in [-0.15, -0.1) is 0 Å². The monoisotopic (exact) mass is 649 g/mol. The molecule has 0 amide bonds. The number of hydrogen-bond donors (Lipinski definition) is 0. The van der Waals surface area contributed by atoms with Crippen molar-refractivity contribution in [3.05, 3.63) is 188 Å². The lowest BCUT2D eigenvalue weighted by atomic mass is 10.0. The van der Waals surface area contributed by atoms with Crippen LogP contribution in [0.3, 0.4) is 0 Å². The van der Waals surface area contributed by atoms with Gasteiger partial charge in [-0.3, -0.25) is 0 Å². The lowest BCUT2D eigenvalue weighted by molar-refractivity contribution is 1.16. The van der Waals surface area contributed by atoms with E-state index in [1.807, 2.05) is 0 Å². The van der Waals surface area contributed by atoms with Gasteiger partial charge in [-0.1, -0.05) is 109 Å². The van der Waals surface area contributed by atoms with Crippen molar-refractivity contribution < 1.29 is 0 Å². The second-order valence-corrected chi connectivity index (χ2v) is 13.4. The van der Waals surface area contributed by atoms with Crippen LogP contribution in [0.15, 0.2) is 188 Å². The van der Waals surface area contributed by atoms with E-state index in [1.54, 1.807) is 0 Å². The van der Waals surface area contributed by atoms with E-state index in [-0.39, 0.29) is 0 Å². The first-order chi connectivity index (χ1) is 25.3. The molecular weight excluding hydrogens is 619 g/mol. The van der Waals surface area contributed by atoms with Gasteiger partial charge in [-0.2, -0.15) is 0 Å². The summed E-state index contributed by atoms with van der Waals surface area (Å²) in [6.45, 7) is 0. The van der Waals surface area contributed by atoms with Gasteiger partial charge in [0.15, 0.2) is 0 Å². The van der Waals surface area contributed by atoms with Gasteiger partial charge in [0.1, 0.15) is 0 Å². The van der Waals surface area contributed by atoms with Crippen LogP contribution in [0.5, 0.6) is 0 Å². The van der Waals surface area contributed by atoms with Crippen LogP contribution >= 0.6 is 0 Å². The predicted octanol–water partition coefficient (Wildman–Crippen LogP) is 12.6. The first kappa shape index (κ1) is 28.0. The Morgan fingerprint density at radius 2 is 0.588 bits per heavy atom. The minimum Gasteiger partial charge on any atom is -0.309 e. The fourth-order valence-corrected chi connectivity index (χ4v) is 8.38. The van der Waals surface area contributed by atoms with Crippen LogP contribution in [0.1, 0.15) is 0 Å². The van der Waals surface area contributed by atoms with Crippen LogP contribution in [-0.4, -0.2) is 13.7 Å². The molecule has 0 aliphatic rings. The van der Waals surface area contributed by atoms with E-state index in [1.165, 1.54) is 76.5 Å². The van der Waals surface area contributed by atoms with Crippen LogP contribution < -0.4 is 0 Å². The Morgan fingerprint density at radius 3 is 1.14 bits per heavy atom. The minimum atomic E-state index is 1.16. The largest absolute Gasteiger partial charge is 0.309 e. The van der Waals surface area contributed by atoms with Gasteiger partial charge in [0.2, 0.25) is 0 Å². The molecular formula is C48H31N3. The molecule has 8 aromatic carbocycles. The Morgan fingerprint density at radius 1 is 0.216 bits per heavy atom. The minimum absolute atomic E-state index is 1.16. The van der Waals surface area contributed by atoms with E-state index in [9.17, 15) is 0 Å². The highest BCUT2D eigenvalue weighted by atomic mass is 15.0. The summed E-state index contributed by atoms with van der Waals surface area (Å²) in [5.41, 5.74) is 13.1. The molecule has 3 heterocycles. The summed E-state index contributed by atoms with van der Waals surface area (Å²) in [6.07, 6.45) is 0. The standard InChI is InChI=1S/C48H31N3/c1-3-13-34(14-4-1)50-45-22-12-9-19-39(45)41-30-42-40-29-33(25-28-46(40)51(48(42)31-47(41)50)35-15-5-2-6-16-35)32-23-26-36(27-24-32)49-43-20-10-7-17-37(43)38-18-8-11-21-44(38)49/h1-31H. The van der Waals surface area contributed by atoms with Crippen molar-refractivity contribution >= 4 is 65.4 Å². The van der Waals surface area contributed by atoms with E-state index in [2.05, 4.69) is 202 Å². The highest BCUT2D eigenvalue weighted by Gasteiger charge is 2.19. The summed E-state index contributed by atoms with van der Waals surface area (Å²) < 4.78 is 7.20. The van der Waals surface area contributed by atoms with Crippen molar-refractivity contribution in [3.63, 3.8) is 0 Å². The van der Waals surface area contributed by atoms with Crippen molar-refractivity contribution in [3.8, 4) is 28.2 Å². The Kier molecular flexibility index (Phi) is 5.96. The fourth-order valence-electron chi connectivity index (χ4n) is 8.38. The van der Waals surface area contributed by atoms with Gasteiger partial charge in [0.25, 0.3) is 0 Å². The van der Waals surface area contributed by atoms with Crippen molar-refractivity contribution in [2.45, 2.75) is 0 Å². The average molecular weight is 650 g/mol. The molecule has 0 aliphatic heterocycles. The molecule has 3 nitrogen and oxygen atoms in total. The Labute approximate surface area is 294 Å². The maximum atomic E-state index is 2.42. The van der Waals surface area contributed by atoms with Crippen LogP contribution in [0, 0.1) is 0 Å². The molecule has 0 radical (unpaired) electrons. The Balaban J connectivity index is 1.13. The topological polar surface area (TPSA) is 14.8 Å². The zero-order valence-corrected chi connectivity index (χ0v) is 27.7. The van der Waals surface area contributed by atoms with Crippen molar-refractivity contribution in [1.29, 1.82) is 0 Å². The number of fused-ring (bicyclic) bond motifs is 9. The summed E-state index contributed by atoms with van der Waals surface area (Å²) in [5, 5.41) is 7.57. The highest BCUT2D eigenvalue weighted by Crippen LogP contribution is 2.41. The molecule has 0 N–H and O–H groups in total. The normalized spacial score (nSPS) is 11.9. The molecule has 11 aromatic rings. The number of hydrogen-bond acceptors (Lipinski definition) is 0. The zero-order valence-electron chi connectivity index (χ0n) is 27.7. The second-order valence-electron chi connectivity index (χ2n) is 13.4. The summed E-state index contributed by atoms with van der Waals surface area (Å²) in [4.78, 5) is 0. The third kappa shape index (κ3) is 4.12. The number of benzene rings is 8. The molecule has 3 aromatic heterocycles. The molecule has 0 spiro atoms. The molecule has 3 heteroatoms. The number of nitrogens with zero attached hydrogens (tertiary/aromatic N) is 3. The third-order valence-corrected chi connectivity index (χ3v) is 10.6. The SMILES string of the molecule is c1ccc(-n2c3ccccc3c3cc4c5cc(-c6ccc(-n7c8ccccc8c8ccccc87)cc6)ccc5n(-c5ccccc5)c4cc32)cc1. The van der Waals surface area contributed by atoms with Crippen LogP contribution in [0.4, 0.5) is 0 Å². The maximum Gasteiger partial charge on any atom is 0.0562 e. The summed E-state index contributed by atoms with van der Waals surface area (Å²) in [5.74, 6) is 0. The van der Waals surface area contributed by atoms with Crippen LogP contribution in [-0.2, 0) is 0 Å². The molecule has 0 saturated carbocycles. The molecule has 0 aliphatic carbocycles. The first-order valence-corrected chi connectivity index (χ1v) is 17.5. The fraction of sp³-hybridized carbons (Fsp3) is 0. The molecule has 0 saturated heterocycles. The quantitative estimate of drug-likeness (QED) is 0.180. The van der Waals surface area contributed by atoms with Gasteiger partial charge in [-0.25, -0.2) is 0 Å². The van der Waals surface area contributed by atoms with Gasteiger partial charge in [0, 0.05) is 49.4 Å². The van der Waals surface area contributed by atoms with E-state index in [4.69, 9.17) is 0 Å². The van der Waals surface area contributed by atoms with Crippen LogP contribution in [0.25, 0.3) is 93.6 Å². The summed E-state index contributed by atoms with van der Waals surface area (Å²) >= 11 is 0. The van der Waals surface area contributed by atoms with Crippen molar-refractivity contribution in [2.75, 3.05) is 0 Å². The lowest BCUT2D eigenvalue weighted by Gasteiger charge is -2.10. The van der Waals surface area contributed by atoms with E-state index in [0.29, 0.717) is 0 Å². The molecule has 238 valence electrons. The van der Waals surface area contributed by atoms with E-state index < -0.39 is 0 Å². The molecule has 0 unspecified atom stereocenters. The first-order valence-electron chi connectivity index (χ1n) is 17.5. The predicted molar refractivity (Wildman–Crippen MR) is 215 cm³/mol. The van der Waals surface area contributed by atoms with E-state index >= 15 is 0 Å². The smallest absolute Gasteiger partial charge is 0.0562 e. The van der Waals surface area contributed by atoms with Crippen LogP contribution in [0.2, 0.25) is 0 Å². The molecule has 0 atom stereocenters. The van der Waals surface area contributed by atoms with E-state index in [0.717, 1.165) is 17.1 Å². The van der Waals surface area contributed by atoms with Crippen molar-refractivity contribution in [1.82, 2.24) is 13.7 Å². The average Bonchev–Trinajstić information content (AvgIpc) is 3.83. The number of para-hydroxylation sites is 5. The Bertz CT molecular complexity index is 3050. The zero-order chi connectivity index (χ0) is 33.5. The highest BCUT2D eigenvalue weighted by molar-refractivity contribution is 6.19. The third-order valence-electron chi connectivity index (χ3n) is 10.6. The molecule has 51 heavy (non-hydrogen) atoms.